The van der Waals surface area contributed by atoms with Gasteiger partial charge in [0.15, 0.2) is 0 Å². The van der Waals surface area contributed by atoms with E-state index in [9.17, 15) is 9.59 Å². The molecule has 0 fully saturated rings. The zero-order valence-electron chi connectivity index (χ0n) is 7.13. The fourth-order valence-corrected chi connectivity index (χ4v) is 0.512. The molecule has 0 saturated carbocycles. The molecule has 5 heteroatoms. The second-order valence-electron chi connectivity index (χ2n) is 2.16. The maximum absolute atomic E-state index is 11.0. The topological polar surface area (TPSA) is 73.2 Å². The molecule has 0 atom stereocenters. The van der Waals surface area contributed by atoms with E-state index in [1.807, 2.05) is 0 Å². The van der Waals surface area contributed by atoms with Crippen molar-refractivity contribution in [3.8, 4) is 6.07 Å². The van der Waals surface area contributed by atoms with Crippen molar-refractivity contribution in [2.75, 3.05) is 20.1 Å². The fourth-order valence-electron chi connectivity index (χ4n) is 0.512. The van der Waals surface area contributed by atoms with Gasteiger partial charge < -0.3 is 10.2 Å². The highest BCUT2D eigenvalue weighted by molar-refractivity contribution is 6.34. The van der Waals surface area contributed by atoms with Crippen LogP contribution in [0, 0.1) is 11.3 Å². The number of carbonyl (C=O) groups is 2. The summed E-state index contributed by atoms with van der Waals surface area (Å²) in [6, 6.07) is 1.71. The van der Waals surface area contributed by atoms with E-state index in [0.29, 0.717) is 6.54 Å². The van der Waals surface area contributed by atoms with Crippen LogP contribution in [0.3, 0.4) is 0 Å². The third-order valence-electron chi connectivity index (χ3n) is 1.34. The minimum atomic E-state index is -0.735. The van der Waals surface area contributed by atoms with Crippen LogP contribution >= 0.6 is 0 Å². The highest BCUT2D eigenvalue weighted by Crippen LogP contribution is 1.82. The quantitative estimate of drug-likeness (QED) is 0.430. The zero-order chi connectivity index (χ0) is 9.56. The Morgan fingerprint density at radius 2 is 2.17 bits per heavy atom. The first kappa shape index (κ1) is 10.4. The van der Waals surface area contributed by atoms with Crippen molar-refractivity contribution in [2.24, 2.45) is 0 Å². The Kier molecular flexibility index (Phi) is 4.46. The van der Waals surface area contributed by atoms with Gasteiger partial charge in [-0.15, -0.1) is 0 Å². The van der Waals surface area contributed by atoms with Crippen LogP contribution in [0.4, 0.5) is 0 Å². The van der Waals surface area contributed by atoms with Crippen LogP contribution in [-0.4, -0.2) is 36.9 Å². The molecule has 5 nitrogen and oxygen atoms in total. The summed E-state index contributed by atoms with van der Waals surface area (Å²) >= 11 is 0. The predicted molar refractivity (Wildman–Crippen MR) is 41.9 cm³/mol. The van der Waals surface area contributed by atoms with E-state index in [4.69, 9.17) is 5.26 Å². The number of rotatable bonds is 2. The first-order valence-electron chi connectivity index (χ1n) is 3.53. The smallest absolute Gasteiger partial charge is 0.311 e. The van der Waals surface area contributed by atoms with Crippen LogP contribution < -0.4 is 5.32 Å². The summed E-state index contributed by atoms with van der Waals surface area (Å²) in [5.41, 5.74) is 0. The van der Waals surface area contributed by atoms with Crippen LogP contribution in [0.1, 0.15) is 6.92 Å². The molecular weight excluding hydrogens is 158 g/mol. The summed E-state index contributed by atoms with van der Waals surface area (Å²) in [5, 5.41) is 10.3. The van der Waals surface area contributed by atoms with Crippen molar-refractivity contribution in [2.45, 2.75) is 6.92 Å². The first-order valence-corrected chi connectivity index (χ1v) is 3.53. The van der Waals surface area contributed by atoms with E-state index in [1.54, 1.807) is 13.0 Å². The van der Waals surface area contributed by atoms with Gasteiger partial charge in [0.05, 0.1) is 6.07 Å². The molecule has 0 rings (SSSR count). The molecule has 0 aromatic carbocycles. The van der Waals surface area contributed by atoms with Crippen molar-refractivity contribution in [3.63, 3.8) is 0 Å². The fraction of sp³-hybridized carbons (Fsp3) is 0.571. The molecule has 66 valence electrons. The Labute approximate surface area is 71.0 Å². The van der Waals surface area contributed by atoms with Crippen LogP contribution in [0.15, 0.2) is 0 Å². The third-order valence-corrected chi connectivity index (χ3v) is 1.34. The van der Waals surface area contributed by atoms with E-state index < -0.39 is 11.8 Å². The summed E-state index contributed by atoms with van der Waals surface area (Å²) in [7, 11) is 1.52. The minimum Gasteiger partial charge on any atom is -0.338 e. The zero-order valence-corrected chi connectivity index (χ0v) is 7.13. The molecule has 0 bridgehead atoms. The monoisotopic (exact) mass is 169 g/mol. The highest BCUT2D eigenvalue weighted by atomic mass is 16.2. The lowest BCUT2D eigenvalue weighted by atomic mass is 10.4. The number of nitrogens with one attached hydrogen (secondary N) is 1. The van der Waals surface area contributed by atoms with Gasteiger partial charge in [-0.05, 0) is 6.92 Å². The molecule has 0 radical (unpaired) electrons. The van der Waals surface area contributed by atoms with Gasteiger partial charge in [0, 0.05) is 13.6 Å². The van der Waals surface area contributed by atoms with E-state index in [-0.39, 0.29) is 6.54 Å². The molecule has 0 spiro atoms. The van der Waals surface area contributed by atoms with Gasteiger partial charge in [-0.1, -0.05) is 0 Å². The molecule has 1 N–H and O–H groups in total. The van der Waals surface area contributed by atoms with Gasteiger partial charge in [0.1, 0.15) is 6.54 Å². The second-order valence-corrected chi connectivity index (χ2v) is 2.16. The van der Waals surface area contributed by atoms with Crippen molar-refractivity contribution >= 4 is 11.8 Å². The van der Waals surface area contributed by atoms with Crippen molar-refractivity contribution < 1.29 is 9.59 Å². The molecule has 0 unspecified atom stereocenters. The lowest BCUT2D eigenvalue weighted by Crippen LogP contribution is -2.40. The van der Waals surface area contributed by atoms with Gasteiger partial charge in [-0.25, -0.2) is 0 Å². The maximum Gasteiger partial charge on any atom is 0.311 e. The summed E-state index contributed by atoms with van der Waals surface area (Å²) in [6.45, 7) is 2.09. The lowest BCUT2D eigenvalue weighted by molar-refractivity contribution is -0.144. The van der Waals surface area contributed by atoms with Crippen LogP contribution in [0.2, 0.25) is 0 Å². The molecule has 0 aliphatic heterocycles. The first-order chi connectivity index (χ1) is 5.63. The number of hydrogen-bond donors (Lipinski definition) is 1. The second kappa shape index (κ2) is 5.13. The van der Waals surface area contributed by atoms with Crippen LogP contribution in [0.5, 0.6) is 0 Å². The SMILES string of the molecule is CCN(C)C(=O)C(=O)NCC#N. The van der Waals surface area contributed by atoms with E-state index in [1.165, 1.54) is 11.9 Å². The molecule has 12 heavy (non-hydrogen) atoms. The van der Waals surface area contributed by atoms with Crippen LogP contribution in [-0.2, 0) is 9.59 Å². The molecule has 0 aliphatic carbocycles. The van der Waals surface area contributed by atoms with Gasteiger partial charge in [0.25, 0.3) is 0 Å². The largest absolute Gasteiger partial charge is 0.338 e. The number of carbonyl (C=O) groups excluding carboxylic acids is 2. The van der Waals surface area contributed by atoms with E-state index in [0.717, 1.165) is 0 Å². The van der Waals surface area contributed by atoms with Crippen LogP contribution in [0.25, 0.3) is 0 Å². The maximum atomic E-state index is 11.0. The summed E-state index contributed by atoms with van der Waals surface area (Å²) in [4.78, 5) is 23.1. The Hall–Kier alpha value is -1.57. The average Bonchev–Trinajstić information content (AvgIpc) is 2.11. The van der Waals surface area contributed by atoms with Gasteiger partial charge in [-0.3, -0.25) is 9.59 Å². The molecule has 0 aromatic heterocycles. The Morgan fingerprint density at radius 1 is 1.58 bits per heavy atom. The molecule has 2 amide bonds. The number of amides is 2. The summed E-state index contributed by atoms with van der Waals surface area (Å²) in [5.74, 6) is -1.35. The average molecular weight is 169 g/mol. The molecular formula is C7H11N3O2. The van der Waals surface area contributed by atoms with E-state index >= 15 is 0 Å². The van der Waals surface area contributed by atoms with Crippen molar-refractivity contribution in [3.05, 3.63) is 0 Å². The highest BCUT2D eigenvalue weighted by Gasteiger charge is 2.15. The van der Waals surface area contributed by atoms with Crippen molar-refractivity contribution in [1.29, 1.82) is 5.26 Å². The van der Waals surface area contributed by atoms with E-state index in [2.05, 4.69) is 5.32 Å². The molecule has 0 aliphatic rings. The number of likely N-dealkylation sites (N-methyl/N-ethyl adjacent to an activating group) is 1. The standard InChI is InChI=1S/C7H11N3O2/c1-3-10(2)7(12)6(11)9-5-4-8/h3,5H2,1-2H3,(H,9,11). The third kappa shape index (κ3) is 3.01. The predicted octanol–water partition coefficient (Wildman–Crippen LogP) is -0.896. The Morgan fingerprint density at radius 3 is 2.58 bits per heavy atom. The number of hydrogen-bond acceptors (Lipinski definition) is 3. The summed E-state index contributed by atoms with van der Waals surface area (Å²) in [6.07, 6.45) is 0. The lowest BCUT2D eigenvalue weighted by Gasteiger charge is -2.12. The minimum absolute atomic E-state index is 0.137. The Bertz CT molecular complexity index is 219. The van der Waals surface area contributed by atoms with Crippen molar-refractivity contribution in [1.82, 2.24) is 10.2 Å². The Balaban J connectivity index is 3.95. The number of nitrogens with zero attached hydrogens (tertiary/aromatic N) is 2. The molecule has 0 aromatic rings. The van der Waals surface area contributed by atoms with Gasteiger partial charge in [0.2, 0.25) is 0 Å². The number of nitriles is 1. The molecule has 0 saturated heterocycles. The molecule has 0 heterocycles. The summed E-state index contributed by atoms with van der Waals surface area (Å²) < 4.78 is 0. The van der Waals surface area contributed by atoms with Gasteiger partial charge in [-0.2, -0.15) is 5.26 Å². The van der Waals surface area contributed by atoms with Gasteiger partial charge >= 0.3 is 11.8 Å². The normalized spacial score (nSPS) is 8.42.